The van der Waals surface area contributed by atoms with Gasteiger partial charge in [0.1, 0.15) is 17.1 Å². The molecule has 0 radical (unpaired) electrons. The summed E-state index contributed by atoms with van der Waals surface area (Å²) in [6.45, 7) is 5.41. The Labute approximate surface area is 180 Å². The van der Waals surface area contributed by atoms with Crippen LogP contribution in [0.15, 0.2) is 82.0 Å². The SMILES string of the molecule is Cc1cccc(NC(=O)[C@@H](C)Oc2ccc3c(=O)c(-c4ccccc4)c(C)oc3c2)c1. The number of fused-ring (bicyclic) bond motifs is 1. The molecular weight excluding hydrogens is 390 g/mol. The van der Waals surface area contributed by atoms with E-state index in [4.69, 9.17) is 9.15 Å². The topological polar surface area (TPSA) is 68.5 Å². The Morgan fingerprint density at radius 3 is 2.48 bits per heavy atom. The molecule has 0 unspecified atom stereocenters. The number of aryl methyl sites for hydroxylation is 2. The number of nitrogens with one attached hydrogen (secondary N) is 1. The third-order valence-corrected chi connectivity index (χ3v) is 5.07. The summed E-state index contributed by atoms with van der Waals surface area (Å²) in [6, 6.07) is 22.0. The second kappa shape index (κ2) is 8.48. The van der Waals surface area contributed by atoms with Gasteiger partial charge in [0.2, 0.25) is 5.43 Å². The summed E-state index contributed by atoms with van der Waals surface area (Å²) < 4.78 is 11.7. The van der Waals surface area contributed by atoms with Gasteiger partial charge in [0.25, 0.3) is 5.91 Å². The van der Waals surface area contributed by atoms with Crippen molar-refractivity contribution in [3.63, 3.8) is 0 Å². The average Bonchev–Trinajstić information content (AvgIpc) is 2.74. The molecule has 0 spiro atoms. The van der Waals surface area contributed by atoms with E-state index in [0.717, 1.165) is 11.1 Å². The molecule has 1 N–H and O–H groups in total. The van der Waals surface area contributed by atoms with Gasteiger partial charge in [-0.05, 0) is 56.2 Å². The van der Waals surface area contributed by atoms with Gasteiger partial charge in [-0.2, -0.15) is 0 Å². The lowest BCUT2D eigenvalue weighted by molar-refractivity contribution is -0.122. The summed E-state index contributed by atoms with van der Waals surface area (Å²) in [7, 11) is 0. The molecule has 1 heterocycles. The maximum Gasteiger partial charge on any atom is 0.265 e. The molecule has 0 aliphatic carbocycles. The number of ether oxygens (including phenoxy) is 1. The minimum atomic E-state index is -0.727. The third-order valence-electron chi connectivity index (χ3n) is 5.07. The lowest BCUT2D eigenvalue weighted by atomic mass is 10.0. The fraction of sp³-hybridized carbons (Fsp3) is 0.154. The van der Waals surface area contributed by atoms with Crippen molar-refractivity contribution in [2.24, 2.45) is 0 Å². The van der Waals surface area contributed by atoms with Gasteiger partial charge < -0.3 is 14.5 Å². The van der Waals surface area contributed by atoms with Gasteiger partial charge in [0.15, 0.2) is 6.10 Å². The summed E-state index contributed by atoms with van der Waals surface area (Å²) in [5.74, 6) is 0.725. The lowest BCUT2D eigenvalue weighted by Gasteiger charge is -2.15. The van der Waals surface area contributed by atoms with Crippen LogP contribution in [0.5, 0.6) is 5.75 Å². The molecule has 0 saturated heterocycles. The average molecular weight is 413 g/mol. The van der Waals surface area contributed by atoms with Crippen LogP contribution in [0.3, 0.4) is 0 Å². The van der Waals surface area contributed by atoms with Crippen molar-refractivity contribution in [2.45, 2.75) is 26.9 Å². The van der Waals surface area contributed by atoms with Gasteiger partial charge in [-0.15, -0.1) is 0 Å². The Balaban J connectivity index is 1.58. The van der Waals surface area contributed by atoms with Gasteiger partial charge in [-0.25, -0.2) is 0 Å². The van der Waals surface area contributed by atoms with E-state index in [0.29, 0.717) is 33.7 Å². The van der Waals surface area contributed by atoms with Crippen LogP contribution in [-0.4, -0.2) is 12.0 Å². The van der Waals surface area contributed by atoms with Gasteiger partial charge in [0.05, 0.1) is 10.9 Å². The fourth-order valence-electron chi connectivity index (χ4n) is 3.52. The molecule has 4 rings (SSSR count). The molecule has 0 fully saturated rings. The van der Waals surface area contributed by atoms with Crippen molar-refractivity contribution in [3.8, 4) is 16.9 Å². The molecule has 5 nitrogen and oxygen atoms in total. The van der Waals surface area contributed by atoms with E-state index in [1.807, 2.05) is 61.5 Å². The van der Waals surface area contributed by atoms with Crippen molar-refractivity contribution in [2.75, 3.05) is 5.32 Å². The molecule has 0 aliphatic rings. The minimum absolute atomic E-state index is 0.0956. The van der Waals surface area contributed by atoms with Crippen LogP contribution in [0, 0.1) is 13.8 Å². The molecule has 5 heteroatoms. The van der Waals surface area contributed by atoms with Gasteiger partial charge in [-0.3, -0.25) is 9.59 Å². The molecule has 0 bridgehead atoms. The van der Waals surface area contributed by atoms with Crippen molar-refractivity contribution in [1.29, 1.82) is 0 Å². The van der Waals surface area contributed by atoms with E-state index < -0.39 is 6.10 Å². The zero-order valence-corrected chi connectivity index (χ0v) is 17.6. The Kier molecular flexibility index (Phi) is 5.58. The van der Waals surface area contributed by atoms with E-state index in [2.05, 4.69) is 5.32 Å². The van der Waals surface area contributed by atoms with Gasteiger partial charge >= 0.3 is 0 Å². The van der Waals surface area contributed by atoms with Crippen molar-refractivity contribution >= 4 is 22.6 Å². The highest BCUT2D eigenvalue weighted by Crippen LogP contribution is 2.26. The third kappa shape index (κ3) is 4.36. The van der Waals surface area contributed by atoms with Crippen LogP contribution in [0.25, 0.3) is 22.1 Å². The van der Waals surface area contributed by atoms with E-state index >= 15 is 0 Å². The molecule has 1 amide bonds. The summed E-state index contributed by atoms with van der Waals surface area (Å²) in [5.41, 5.74) is 3.47. The number of anilines is 1. The molecule has 0 aliphatic heterocycles. The summed E-state index contributed by atoms with van der Waals surface area (Å²) in [4.78, 5) is 25.5. The van der Waals surface area contributed by atoms with Crippen LogP contribution in [-0.2, 0) is 4.79 Å². The zero-order chi connectivity index (χ0) is 22.0. The maximum absolute atomic E-state index is 13.1. The molecule has 4 aromatic rings. The highest BCUT2D eigenvalue weighted by molar-refractivity contribution is 5.94. The van der Waals surface area contributed by atoms with Crippen molar-refractivity contribution in [1.82, 2.24) is 0 Å². The molecule has 156 valence electrons. The standard InChI is InChI=1S/C26H23NO4/c1-16-8-7-11-20(14-16)27-26(29)18(3)30-21-12-13-22-23(15-21)31-17(2)24(25(22)28)19-9-5-4-6-10-19/h4-15,18H,1-3H3,(H,27,29)/t18-/m1/s1. The highest BCUT2D eigenvalue weighted by Gasteiger charge is 2.17. The van der Waals surface area contributed by atoms with Crippen molar-refractivity contribution < 1.29 is 13.9 Å². The molecule has 0 saturated carbocycles. The molecule has 1 aromatic heterocycles. The van der Waals surface area contributed by atoms with Crippen molar-refractivity contribution in [3.05, 3.63) is 94.3 Å². The van der Waals surface area contributed by atoms with Crippen LogP contribution in [0.2, 0.25) is 0 Å². The molecule has 1 atom stereocenters. The Morgan fingerprint density at radius 1 is 0.968 bits per heavy atom. The number of carbonyl (C=O) groups is 1. The van der Waals surface area contributed by atoms with E-state index in [9.17, 15) is 9.59 Å². The Morgan fingerprint density at radius 2 is 1.74 bits per heavy atom. The number of carbonyl (C=O) groups excluding carboxylic acids is 1. The Bertz CT molecular complexity index is 1310. The van der Waals surface area contributed by atoms with Gasteiger partial charge in [-0.1, -0.05) is 42.5 Å². The first-order valence-electron chi connectivity index (χ1n) is 10.1. The first kappa shape index (κ1) is 20.4. The molecule has 31 heavy (non-hydrogen) atoms. The van der Waals surface area contributed by atoms with Crippen LogP contribution in [0.4, 0.5) is 5.69 Å². The van der Waals surface area contributed by atoms with E-state index in [-0.39, 0.29) is 11.3 Å². The number of hydrogen-bond acceptors (Lipinski definition) is 4. The maximum atomic E-state index is 13.1. The minimum Gasteiger partial charge on any atom is -0.481 e. The van der Waals surface area contributed by atoms with Crippen LogP contribution < -0.4 is 15.5 Å². The fourth-order valence-corrected chi connectivity index (χ4v) is 3.52. The normalized spacial score (nSPS) is 11.8. The number of benzene rings is 3. The highest BCUT2D eigenvalue weighted by atomic mass is 16.5. The number of hydrogen-bond donors (Lipinski definition) is 1. The predicted molar refractivity (Wildman–Crippen MR) is 123 cm³/mol. The van der Waals surface area contributed by atoms with E-state index in [1.165, 1.54) is 0 Å². The second-order valence-corrected chi connectivity index (χ2v) is 7.51. The Hall–Kier alpha value is -3.86. The monoisotopic (exact) mass is 413 g/mol. The molecular formula is C26H23NO4. The zero-order valence-electron chi connectivity index (χ0n) is 17.6. The van der Waals surface area contributed by atoms with Gasteiger partial charge in [0, 0.05) is 11.8 Å². The molecule has 3 aromatic carbocycles. The predicted octanol–water partition coefficient (Wildman–Crippen LogP) is 5.48. The number of amides is 1. The lowest BCUT2D eigenvalue weighted by Crippen LogP contribution is -2.30. The summed E-state index contributed by atoms with van der Waals surface area (Å²) in [5, 5.41) is 3.31. The summed E-state index contributed by atoms with van der Waals surface area (Å²) >= 11 is 0. The van der Waals surface area contributed by atoms with E-state index in [1.54, 1.807) is 32.0 Å². The number of rotatable bonds is 5. The second-order valence-electron chi connectivity index (χ2n) is 7.51. The summed E-state index contributed by atoms with van der Waals surface area (Å²) in [6.07, 6.45) is -0.727. The first-order valence-corrected chi connectivity index (χ1v) is 10.1. The largest absolute Gasteiger partial charge is 0.481 e. The van der Waals surface area contributed by atoms with Crippen LogP contribution in [0.1, 0.15) is 18.2 Å². The quantitative estimate of drug-likeness (QED) is 0.470. The first-order chi connectivity index (χ1) is 14.9. The smallest absolute Gasteiger partial charge is 0.265 e. The van der Waals surface area contributed by atoms with Crippen LogP contribution >= 0.6 is 0 Å².